The van der Waals surface area contributed by atoms with E-state index in [1.807, 2.05) is 0 Å². The fourth-order valence-corrected chi connectivity index (χ4v) is 3.70. The Morgan fingerprint density at radius 3 is 2.73 bits per heavy atom. The van der Waals surface area contributed by atoms with E-state index in [1.54, 1.807) is 0 Å². The molecule has 86 valence electrons. The maximum absolute atomic E-state index is 3.75. The average Bonchev–Trinajstić information content (AvgIpc) is 2.77. The van der Waals surface area contributed by atoms with Gasteiger partial charge in [0.05, 0.1) is 0 Å². The molecule has 0 saturated heterocycles. The van der Waals surface area contributed by atoms with Gasteiger partial charge in [0.25, 0.3) is 0 Å². The first kappa shape index (κ1) is 11.5. The van der Waals surface area contributed by atoms with Crippen LogP contribution in [0.2, 0.25) is 0 Å². The van der Waals surface area contributed by atoms with Crippen LogP contribution in [0.4, 0.5) is 0 Å². The van der Waals surface area contributed by atoms with Gasteiger partial charge in [-0.2, -0.15) is 11.8 Å². The summed E-state index contributed by atoms with van der Waals surface area (Å²) in [5, 5.41) is 3.75. The summed E-state index contributed by atoms with van der Waals surface area (Å²) in [5.74, 6) is 0. The molecule has 0 spiro atoms. The van der Waals surface area contributed by atoms with Crippen LogP contribution in [0.3, 0.4) is 0 Å². The summed E-state index contributed by atoms with van der Waals surface area (Å²) in [7, 11) is 0. The number of thioether (sulfide) groups is 1. The van der Waals surface area contributed by atoms with Gasteiger partial charge < -0.3 is 5.32 Å². The first-order chi connectivity index (χ1) is 7.35. The van der Waals surface area contributed by atoms with Gasteiger partial charge in [-0.3, -0.25) is 0 Å². The summed E-state index contributed by atoms with van der Waals surface area (Å²) < 4.78 is 0.561. The second-order valence-electron chi connectivity index (χ2n) is 4.94. The predicted molar refractivity (Wildman–Crippen MR) is 69.5 cm³/mol. The Balaban J connectivity index is 1.80. The van der Waals surface area contributed by atoms with Crippen molar-refractivity contribution in [1.29, 1.82) is 0 Å². The largest absolute Gasteiger partial charge is 0.309 e. The fourth-order valence-electron chi connectivity index (χ4n) is 2.77. The molecule has 1 N–H and O–H groups in total. The van der Waals surface area contributed by atoms with Crippen LogP contribution in [0, 0.1) is 0 Å². The molecular formula is C13H23NS. The second-order valence-corrected chi connectivity index (χ2v) is 6.21. The van der Waals surface area contributed by atoms with E-state index in [0.717, 1.165) is 0 Å². The van der Waals surface area contributed by atoms with Crippen LogP contribution < -0.4 is 5.32 Å². The topological polar surface area (TPSA) is 12.0 Å². The molecule has 1 saturated carbocycles. The number of hydrogen-bond donors (Lipinski definition) is 1. The van der Waals surface area contributed by atoms with Crippen molar-refractivity contribution in [3.8, 4) is 0 Å². The average molecular weight is 225 g/mol. The van der Waals surface area contributed by atoms with E-state index < -0.39 is 0 Å². The van der Waals surface area contributed by atoms with E-state index in [9.17, 15) is 0 Å². The monoisotopic (exact) mass is 225 g/mol. The normalized spacial score (nSPS) is 29.5. The fraction of sp³-hybridized carbons (Fsp3) is 0.846. The molecule has 1 unspecified atom stereocenters. The summed E-state index contributed by atoms with van der Waals surface area (Å²) in [6.07, 6.45) is 16.7. The molecule has 0 amide bonds. The highest BCUT2D eigenvalue weighted by Crippen LogP contribution is 2.39. The molecule has 15 heavy (non-hydrogen) atoms. The van der Waals surface area contributed by atoms with Gasteiger partial charge >= 0.3 is 0 Å². The van der Waals surface area contributed by atoms with Crippen LogP contribution in [0.1, 0.15) is 44.9 Å². The molecule has 0 bridgehead atoms. The van der Waals surface area contributed by atoms with Gasteiger partial charge in [-0.1, -0.05) is 25.0 Å². The Hall–Kier alpha value is 0.0500. The molecule has 0 aliphatic heterocycles. The van der Waals surface area contributed by atoms with Crippen LogP contribution in [0.15, 0.2) is 12.2 Å². The van der Waals surface area contributed by atoms with Gasteiger partial charge in [0.15, 0.2) is 0 Å². The SMILES string of the molecule is CSC1(CNC2C=CCCC2)CCCC1. The lowest BCUT2D eigenvalue weighted by Gasteiger charge is -2.30. The van der Waals surface area contributed by atoms with Crippen molar-refractivity contribution in [2.24, 2.45) is 0 Å². The number of allylic oxidation sites excluding steroid dienone is 1. The third-order valence-electron chi connectivity index (χ3n) is 3.89. The lowest BCUT2D eigenvalue weighted by Crippen LogP contribution is -2.40. The number of hydrogen-bond acceptors (Lipinski definition) is 2. The molecule has 0 aromatic rings. The molecular weight excluding hydrogens is 202 g/mol. The molecule has 1 atom stereocenters. The van der Waals surface area contributed by atoms with Gasteiger partial charge in [0, 0.05) is 17.3 Å². The summed E-state index contributed by atoms with van der Waals surface area (Å²) in [4.78, 5) is 0. The number of nitrogens with one attached hydrogen (secondary N) is 1. The molecule has 2 aliphatic rings. The van der Waals surface area contributed by atoms with Crippen molar-refractivity contribution in [1.82, 2.24) is 5.32 Å². The van der Waals surface area contributed by atoms with Gasteiger partial charge in [-0.25, -0.2) is 0 Å². The Morgan fingerprint density at radius 2 is 2.13 bits per heavy atom. The van der Waals surface area contributed by atoms with Crippen molar-refractivity contribution in [2.45, 2.75) is 55.7 Å². The van der Waals surface area contributed by atoms with E-state index in [1.165, 1.54) is 51.5 Å². The third-order valence-corrected chi connectivity index (χ3v) is 5.31. The van der Waals surface area contributed by atoms with Crippen molar-refractivity contribution in [2.75, 3.05) is 12.8 Å². The third kappa shape index (κ3) is 3.01. The zero-order chi connectivity index (χ0) is 10.6. The zero-order valence-corrected chi connectivity index (χ0v) is 10.6. The first-order valence-electron chi connectivity index (χ1n) is 6.30. The lowest BCUT2D eigenvalue weighted by molar-refractivity contribution is 0.467. The van der Waals surface area contributed by atoms with Crippen molar-refractivity contribution >= 4 is 11.8 Å². The molecule has 1 fully saturated rings. The standard InChI is InChI=1S/C13H23NS/c1-15-13(9-5-6-10-13)11-14-12-7-3-2-4-8-12/h3,7,12,14H,2,4-6,8-11H2,1H3. The Morgan fingerprint density at radius 1 is 1.33 bits per heavy atom. The molecule has 2 aliphatic carbocycles. The lowest BCUT2D eigenvalue weighted by atomic mass is 10.0. The van der Waals surface area contributed by atoms with E-state index in [4.69, 9.17) is 0 Å². The first-order valence-corrected chi connectivity index (χ1v) is 7.52. The highest BCUT2D eigenvalue weighted by Gasteiger charge is 2.32. The van der Waals surface area contributed by atoms with Crippen molar-refractivity contribution in [3.63, 3.8) is 0 Å². The number of rotatable bonds is 4. The quantitative estimate of drug-likeness (QED) is 0.736. The zero-order valence-electron chi connectivity index (χ0n) is 9.80. The van der Waals surface area contributed by atoms with Gasteiger partial charge in [-0.15, -0.1) is 0 Å². The summed E-state index contributed by atoms with van der Waals surface area (Å²) in [5.41, 5.74) is 0. The highest BCUT2D eigenvalue weighted by molar-refractivity contribution is 8.00. The van der Waals surface area contributed by atoms with Gasteiger partial charge in [0.2, 0.25) is 0 Å². The van der Waals surface area contributed by atoms with Crippen LogP contribution in [-0.4, -0.2) is 23.6 Å². The second kappa shape index (κ2) is 5.40. The van der Waals surface area contributed by atoms with Crippen molar-refractivity contribution in [3.05, 3.63) is 12.2 Å². The van der Waals surface area contributed by atoms with E-state index in [0.29, 0.717) is 10.8 Å². The van der Waals surface area contributed by atoms with Crippen LogP contribution in [-0.2, 0) is 0 Å². The summed E-state index contributed by atoms with van der Waals surface area (Å²) >= 11 is 2.08. The molecule has 0 aromatic heterocycles. The predicted octanol–water partition coefficient (Wildman–Crippen LogP) is 3.36. The molecule has 2 heteroatoms. The molecule has 0 heterocycles. The summed E-state index contributed by atoms with van der Waals surface area (Å²) in [6, 6.07) is 0.656. The minimum absolute atomic E-state index is 0.561. The van der Waals surface area contributed by atoms with E-state index in [-0.39, 0.29) is 0 Å². The minimum Gasteiger partial charge on any atom is -0.309 e. The summed E-state index contributed by atoms with van der Waals surface area (Å²) in [6.45, 7) is 1.21. The van der Waals surface area contributed by atoms with Crippen LogP contribution >= 0.6 is 11.8 Å². The van der Waals surface area contributed by atoms with Crippen LogP contribution in [0.5, 0.6) is 0 Å². The molecule has 1 nitrogen and oxygen atoms in total. The maximum Gasteiger partial charge on any atom is 0.0281 e. The Labute approximate surface area is 98.1 Å². The Bertz CT molecular complexity index is 219. The Kier molecular flexibility index (Phi) is 4.15. The van der Waals surface area contributed by atoms with Gasteiger partial charge in [-0.05, 0) is 38.4 Å². The van der Waals surface area contributed by atoms with Gasteiger partial charge in [0.1, 0.15) is 0 Å². The smallest absolute Gasteiger partial charge is 0.0281 e. The molecule has 2 rings (SSSR count). The highest BCUT2D eigenvalue weighted by atomic mass is 32.2. The van der Waals surface area contributed by atoms with E-state index in [2.05, 4.69) is 35.5 Å². The van der Waals surface area contributed by atoms with E-state index >= 15 is 0 Å². The van der Waals surface area contributed by atoms with Crippen LogP contribution in [0.25, 0.3) is 0 Å². The van der Waals surface area contributed by atoms with Crippen molar-refractivity contribution < 1.29 is 0 Å². The minimum atomic E-state index is 0.561. The maximum atomic E-state index is 3.75. The molecule has 0 radical (unpaired) electrons. The molecule has 0 aromatic carbocycles.